The molecule has 2 aromatic rings. The van der Waals surface area contributed by atoms with E-state index in [9.17, 15) is 10.1 Å². The van der Waals surface area contributed by atoms with E-state index in [0.29, 0.717) is 0 Å². The zero-order valence-corrected chi connectivity index (χ0v) is 7.68. The van der Waals surface area contributed by atoms with Gasteiger partial charge in [-0.1, -0.05) is 0 Å². The summed E-state index contributed by atoms with van der Waals surface area (Å²) in [6.07, 6.45) is 2.21. The van der Waals surface area contributed by atoms with Crippen LogP contribution in [0.3, 0.4) is 0 Å². The van der Waals surface area contributed by atoms with Crippen LogP contribution in [0, 0.1) is 10.1 Å². The second kappa shape index (κ2) is 3.82. The van der Waals surface area contributed by atoms with Gasteiger partial charge in [-0.25, -0.2) is 5.84 Å². The van der Waals surface area contributed by atoms with Gasteiger partial charge in [-0.3, -0.25) is 15.5 Å². The molecule has 11 nitrogen and oxygen atoms in total. The topological polar surface area (TPSA) is 151 Å². The molecule has 0 amide bonds. The maximum atomic E-state index is 10.4. The summed E-state index contributed by atoms with van der Waals surface area (Å²) in [7, 11) is 0. The van der Waals surface area contributed by atoms with Gasteiger partial charge in [-0.15, -0.1) is 20.4 Å². The molecule has 3 N–H and O–H groups in total. The van der Waals surface area contributed by atoms with Crippen LogP contribution < -0.4 is 11.3 Å². The van der Waals surface area contributed by atoms with Crippen molar-refractivity contribution >= 4 is 11.6 Å². The molecule has 0 radical (unpaired) electrons. The Morgan fingerprint density at radius 3 is 2.56 bits per heavy atom. The van der Waals surface area contributed by atoms with Gasteiger partial charge in [0.15, 0.2) is 0 Å². The summed E-state index contributed by atoms with van der Waals surface area (Å²) >= 11 is 0. The molecule has 0 aliphatic carbocycles. The van der Waals surface area contributed by atoms with E-state index < -0.39 is 4.92 Å². The monoisotopic (exact) mass is 223 g/mol. The number of hydrazine groups is 1. The molecule has 0 aliphatic heterocycles. The number of anilines is 1. The summed E-state index contributed by atoms with van der Waals surface area (Å²) in [5, 5.41) is 28.4. The molecular weight excluding hydrogens is 218 g/mol. The van der Waals surface area contributed by atoms with Gasteiger partial charge in [-0.2, -0.15) is 9.78 Å². The predicted octanol–water partition coefficient (Wildman–Crippen LogP) is -1.35. The van der Waals surface area contributed by atoms with E-state index in [0.717, 1.165) is 17.1 Å². The Morgan fingerprint density at radius 1 is 1.38 bits per heavy atom. The summed E-state index contributed by atoms with van der Waals surface area (Å²) in [5.74, 6) is 5.06. The summed E-state index contributed by atoms with van der Waals surface area (Å²) in [6.45, 7) is 0. The predicted molar refractivity (Wildman–Crippen MR) is 49.2 cm³/mol. The summed E-state index contributed by atoms with van der Waals surface area (Å²) in [4.78, 5) is 9.82. The second-order valence-electron chi connectivity index (χ2n) is 2.57. The summed E-state index contributed by atoms with van der Waals surface area (Å²) in [6, 6.07) is 0. The molecule has 16 heavy (non-hydrogen) atoms. The summed E-state index contributed by atoms with van der Waals surface area (Å²) < 4.78 is 1.08. The Kier molecular flexibility index (Phi) is 2.35. The molecule has 0 saturated heterocycles. The van der Waals surface area contributed by atoms with E-state index in [-0.39, 0.29) is 17.6 Å². The van der Waals surface area contributed by atoms with Gasteiger partial charge in [0, 0.05) is 0 Å². The minimum Gasteiger partial charge on any atom is -0.290 e. The highest BCUT2D eigenvalue weighted by molar-refractivity contribution is 5.25. The highest BCUT2D eigenvalue weighted by Crippen LogP contribution is 2.09. The van der Waals surface area contributed by atoms with E-state index >= 15 is 0 Å². The first-order chi connectivity index (χ1) is 7.70. The molecule has 0 atom stereocenters. The van der Waals surface area contributed by atoms with Gasteiger partial charge in [0.2, 0.25) is 0 Å². The van der Waals surface area contributed by atoms with Crippen molar-refractivity contribution in [1.82, 2.24) is 30.2 Å². The van der Waals surface area contributed by atoms with E-state index in [1.165, 1.54) is 0 Å². The normalized spacial score (nSPS) is 10.1. The maximum Gasteiger partial charge on any atom is 0.307 e. The van der Waals surface area contributed by atoms with Gasteiger partial charge >= 0.3 is 5.69 Å². The third-order valence-corrected chi connectivity index (χ3v) is 1.58. The average molecular weight is 223 g/mol. The zero-order valence-electron chi connectivity index (χ0n) is 7.68. The Balaban J connectivity index is 2.31. The number of nitrogens with zero attached hydrogens (tertiary/aromatic N) is 7. The van der Waals surface area contributed by atoms with Crippen molar-refractivity contribution in [1.29, 1.82) is 0 Å². The molecule has 0 unspecified atom stereocenters. The molecule has 0 saturated carbocycles. The van der Waals surface area contributed by atoms with Crippen LogP contribution in [-0.4, -0.2) is 35.1 Å². The molecule has 0 fully saturated rings. The molecule has 0 bridgehead atoms. The van der Waals surface area contributed by atoms with Crippen molar-refractivity contribution in [3.05, 3.63) is 22.5 Å². The standard InChI is InChI=1S/C5H5N9O2/c6-8-4-9-11-5(12-10-4)13-2-3(1-7-13)14(15)16/h1-2H,6H2,(H,8,9,10). The number of nitrogen functional groups attached to an aromatic ring is 1. The van der Waals surface area contributed by atoms with Crippen LogP contribution in [0.2, 0.25) is 0 Å². The number of nitrogens with two attached hydrogens (primary N) is 1. The number of rotatable bonds is 3. The Morgan fingerprint density at radius 2 is 2.06 bits per heavy atom. The van der Waals surface area contributed by atoms with Gasteiger partial charge in [0.05, 0.1) is 4.92 Å². The molecule has 2 rings (SSSR count). The Labute approximate surface area is 87.4 Å². The molecule has 11 heteroatoms. The first-order valence-electron chi connectivity index (χ1n) is 3.94. The van der Waals surface area contributed by atoms with Gasteiger partial charge in [0.1, 0.15) is 12.4 Å². The SMILES string of the molecule is NNc1nnc(-n2cc([N+](=O)[O-])cn2)nn1. The van der Waals surface area contributed by atoms with Crippen molar-refractivity contribution in [3.63, 3.8) is 0 Å². The van der Waals surface area contributed by atoms with E-state index in [2.05, 4.69) is 30.9 Å². The smallest absolute Gasteiger partial charge is 0.290 e. The highest BCUT2D eigenvalue weighted by Gasteiger charge is 2.11. The van der Waals surface area contributed by atoms with Crippen LogP contribution in [0.4, 0.5) is 11.6 Å². The first kappa shape index (κ1) is 9.85. The first-order valence-corrected chi connectivity index (χ1v) is 3.94. The minimum absolute atomic E-state index is 0.00657. The molecular formula is C5H5N9O2. The molecule has 2 aromatic heterocycles. The number of hydrogen-bond donors (Lipinski definition) is 2. The lowest BCUT2D eigenvalue weighted by atomic mass is 10.6. The van der Waals surface area contributed by atoms with Gasteiger partial charge < -0.3 is 0 Å². The fourth-order valence-electron chi connectivity index (χ4n) is 0.891. The maximum absolute atomic E-state index is 10.4. The van der Waals surface area contributed by atoms with Crippen molar-refractivity contribution in [2.75, 3.05) is 5.43 Å². The van der Waals surface area contributed by atoms with Gasteiger partial charge in [0.25, 0.3) is 11.9 Å². The van der Waals surface area contributed by atoms with Crippen molar-refractivity contribution in [3.8, 4) is 5.95 Å². The molecule has 0 spiro atoms. The zero-order chi connectivity index (χ0) is 11.5. The van der Waals surface area contributed by atoms with Crippen LogP contribution in [0.25, 0.3) is 5.95 Å². The quantitative estimate of drug-likeness (QED) is 0.365. The van der Waals surface area contributed by atoms with Crippen LogP contribution in [-0.2, 0) is 0 Å². The highest BCUT2D eigenvalue weighted by atomic mass is 16.6. The summed E-state index contributed by atoms with van der Waals surface area (Å²) in [5.41, 5.74) is 1.97. The molecule has 0 aromatic carbocycles. The largest absolute Gasteiger partial charge is 0.307 e. The second-order valence-corrected chi connectivity index (χ2v) is 2.57. The molecule has 0 aliphatic rings. The van der Waals surface area contributed by atoms with Crippen LogP contribution in [0.15, 0.2) is 12.4 Å². The third-order valence-electron chi connectivity index (χ3n) is 1.58. The number of aromatic nitrogens is 6. The van der Waals surface area contributed by atoms with E-state index in [4.69, 9.17) is 5.84 Å². The fraction of sp³-hybridized carbons (Fsp3) is 0. The molecule has 2 heterocycles. The van der Waals surface area contributed by atoms with Crippen molar-refractivity contribution < 1.29 is 4.92 Å². The minimum atomic E-state index is -0.583. The van der Waals surface area contributed by atoms with Crippen LogP contribution >= 0.6 is 0 Å². The Bertz CT molecular complexity index is 505. The third kappa shape index (κ3) is 1.74. The van der Waals surface area contributed by atoms with Crippen molar-refractivity contribution in [2.24, 2.45) is 5.84 Å². The lowest BCUT2D eigenvalue weighted by molar-refractivity contribution is -0.384. The van der Waals surface area contributed by atoms with E-state index in [1.807, 2.05) is 0 Å². The van der Waals surface area contributed by atoms with Crippen LogP contribution in [0.5, 0.6) is 0 Å². The lowest BCUT2D eigenvalue weighted by Gasteiger charge is -1.97. The molecule has 82 valence electrons. The fourth-order valence-corrected chi connectivity index (χ4v) is 0.891. The van der Waals surface area contributed by atoms with Crippen LogP contribution in [0.1, 0.15) is 0 Å². The van der Waals surface area contributed by atoms with E-state index in [1.54, 1.807) is 0 Å². The number of nitrogens with one attached hydrogen (secondary N) is 1. The number of nitro groups is 1. The lowest BCUT2D eigenvalue weighted by Crippen LogP contribution is -2.14. The van der Waals surface area contributed by atoms with Crippen molar-refractivity contribution in [2.45, 2.75) is 0 Å². The number of hydrogen-bond acceptors (Lipinski definition) is 9. The van der Waals surface area contributed by atoms with Gasteiger partial charge in [-0.05, 0) is 0 Å². The Hall–Kier alpha value is -2.69. The average Bonchev–Trinajstić information content (AvgIpc) is 2.78.